The van der Waals surface area contributed by atoms with Crippen molar-refractivity contribution in [2.24, 2.45) is 0 Å². The number of nitrogens with one attached hydrogen (secondary N) is 2. The van der Waals surface area contributed by atoms with Gasteiger partial charge in [-0.3, -0.25) is 9.59 Å². The second kappa shape index (κ2) is 8.02. The van der Waals surface area contributed by atoms with Gasteiger partial charge in [0.15, 0.2) is 0 Å². The van der Waals surface area contributed by atoms with Gasteiger partial charge in [0.1, 0.15) is 11.9 Å². The molecule has 6 nitrogen and oxygen atoms in total. The molecule has 0 bridgehead atoms. The third-order valence-electron chi connectivity index (χ3n) is 5.02. The zero-order chi connectivity index (χ0) is 19.5. The van der Waals surface area contributed by atoms with E-state index in [2.05, 4.69) is 15.3 Å². The average molecular weight is 397 g/mol. The number of fused-ring (bicyclic) bond motifs is 1. The number of hydrogen-bond acceptors (Lipinski definition) is 3. The standard InChI is InChI=1S/C21H21ClN4O2/c22-14-6-1-2-7-15(14)25-21(28)18-10-5-13-26(18)20(27)12-11-19-23-16-8-3-4-9-17(16)24-19/h1-4,6-9,18H,5,10-13H2,(H,23,24)(H,25,28)/t18-/m0/s1. The van der Waals surface area contributed by atoms with Crippen molar-refractivity contribution in [1.82, 2.24) is 14.9 Å². The molecule has 2 aromatic carbocycles. The Kier molecular flexibility index (Phi) is 5.30. The molecule has 0 unspecified atom stereocenters. The van der Waals surface area contributed by atoms with Crippen LogP contribution in [-0.4, -0.2) is 39.3 Å². The molecule has 0 radical (unpaired) electrons. The van der Waals surface area contributed by atoms with E-state index in [0.717, 1.165) is 23.3 Å². The van der Waals surface area contributed by atoms with Gasteiger partial charge in [-0.15, -0.1) is 0 Å². The van der Waals surface area contributed by atoms with Gasteiger partial charge in [0.2, 0.25) is 11.8 Å². The molecule has 1 aliphatic heterocycles. The summed E-state index contributed by atoms with van der Waals surface area (Å²) in [5.74, 6) is 0.561. The Morgan fingerprint density at radius 3 is 2.79 bits per heavy atom. The van der Waals surface area contributed by atoms with Crippen LogP contribution in [0.1, 0.15) is 25.1 Å². The van der Waals surface area contributed by atoms with Crippen LogP contribution < -0.4 is 5.32 Å². The Hall–Kier alpha value is -2.86. The van der Waals surface area contributed by atoms with E-state index < -0.39 is 6.04 Å². The molecular weight excluding hydrogens is 376 g/mol. The first-order valence-electron chi connectivity index (χ1n) is 9.40. The number of likely N-dealkylation sites (tertiary alicyclic amines) is 1. The monoisotopic (exact) mass is 396 g/mol. The summed E-state index contributed by atoms with van der Waals surface area (Å²) in [7, 11) is 0. The number of aryl methyl sites for hydroxylation is 1. The van der Waals surface area contributed by atoms with Crippen molar-refractivity contribution in [2.45, 2.75) is 31.7 Å². The summed E-state index contributed by atoms with van der Waals surface area (Å²) in [5, 5.41) is 3.33. The lowest BCUT2D eigenvalue weighted by atomic mass is 10.2. The number of para-hydroxylation sites is 3. The third kappa shape index (κ3) is 3.87. The first-order valence-corrected chi connectivity index (χ1v) is 9.78. The first-order chi connectivity index (χ1) is 13.6. The molecule has 1 fully saturated rings. The van der Waals surface area contributed by atoms with E-state index in [0.29, 0.717) is 36.5 Å². The van der Waals surface area contributed by atoms with E-state index in [4.69, 9.17) is 11.6 Å². The van der Waals surface area contributed by atoms with Crippen LogP contribution in [0.5, 0.6) is 0 Å². The maximum absolute atomic E-state index is 12.7. The highest BCUT2D eigenvalue weighted by atomic mass is 35.5. The predicted molar refractivity (Wildman–Crippen MR) is 109 cm³/mol. The van der Waals surface area contributed by atoms with Crippen molar-refractivity contribution >= 4 is 40.1 Å². The molecule has 2 N–H and O–H groups in total. The molecule has 0 saturated carbocycles. The molecule has 2 amide bonds. The fourth-order valence-corrected chi connectivity index (χ4v) is 3.79. The number of imidazole rings is 1. The van der Waals surface area contributed by atoms with Gasteiger partial charge >= 0.3 is 0 Å². The Morgan fingerprint density at radius 1 is 1.18 bits per heavy atom. The SMILES string of the molecule is O=C(Nc1ccccc1Cl)[C@@H]1CCCN1C(=O)CCc1nc2ccccc2[nH]1. The van der Waals surface area contributed by atoms with Crippen LogP contribution in [0.25, 0.3) is 11.0 Å². The summed E-state index contributed by atoms with van der Waals surface area (Å²) in [6.07, 6.45) is 2.31. The van der Waals surface area contributed by atoms with E-state index >= 15 is 0 Å². The summed E-state index contributed by atoms with van der Waals surface area (Å²) >= 11 is 6.12. The minimum Gasteiger partial charge on any atom is -0.342 e. The Labute approximate surface area is 167 Å². The molecule has 2 heterocycles. The lowest BCUT2D eigenvalue weighted by Crippen LogP contribution is -2.43. The van der Waals surface area contributed by atoms with Gasteiger partial charge in [-0.05, 0) is 37.1 Å². The number of anilines is 1. The van der Waals surface area contributed by atoms with Crippen molar-refractivity contribution < 1.29 is 9.59 Å². The van der Waals surface area contributed by atoms with Crippen molar-refractivity contribution in [2.75, 3.05) is 11.9 Å². The molecule has 7 heteroatoms. The largest absolute Gasteiger partial charge is 0.342 e. The van der Waals surface area contributed by atoms with E-state index in [9.17, 15) is 9.59 Å². The maximum atomic E-state index is 12.7. The summed E-state index contributed by atoms with van der Waals surface area (Å²) in [6.45, 7) is 0.597. The topological polar surface area (TPSA) is 78.1 Å². The molecule has 4 rings (SSSR count). The zero-order valence-corrected chi connectivity index (χ0v) is 16.1. The molecule has 1 aromatic heterocycles. The van der Waals surface area contributed by atoms with Crippen molar-refractivity contribution in [3.63, 3.8) is 0 Å². The van der Waals surface area contributed by atoms with Crippen LogP contribution in [-0.2, 0) is 16.0 Å². The maximum Gasteiger partial charge on any atom is 0.247 e. The molecular formula is C21H21ClN4O2. The third-order valence-corrected chi connectivity index (χ3v) is 5.35. The zero-order valence-electron chi connectivity index (χ0n) is 15.3. The van der Waals surface area contributed by atoms with Crippen LogP contribution >= 0.6 is 11.6 Å². The number of carbonyl (C=O) groups is 2. The van der Waals surface area contributed by atoms with Gasteiger partial charge < -0.3 is 15.2 Å². The number of aromatic amines is 1. The quantitative estimate of drug-likeness (QED) is 0.688. The van der Waals surface area contributed by atoms with Gasteiger partial charge in [0.05, 0.1) is 21.7 Å². The number of aromatic nitrogens is 2. The molecule has 144 valence electrons. The predicted octanol–water partition coefficient (Wildman–Crippen LogP) is 3.78. The minimum absolute atomic E-state index is 0.0303. The minimum atomic E-state index is -0.459. The van der Waals surface area contributed by atoms with Crippen molar-refractivity contribution in [3.8, 4) is 0 Å². The van der Waals surface area contributed by atoms with Crippen molar-refractivity contribution in [3.05, 3.63) is 59.4 Å². The molecule has 1 atom stereocenters. The van der Waals surface area contributed by atoms with Crippen LogP contribution in [0.4, 0.5) is 5.69 Å². The summed E-state index contributed by atoms with van der Waals surface area (Å²) in [5.41, 5.74) is 2.42. The van der Waals surface area contributed by atoms with Gasteiger partial charge in [-0.2, -0.15) is 0 Å². The highest BCUT2D eigenvalue weighted by molar-refractivity contribution is 6.33. The number of halogens is 1. The van der Waals surface area contributed by atoms with E-state index in [1.807, 2.05) is 30.3 Å². The number of hydrogen-bond donors (Lipinski definition) is 2. The van der Waals surface area contributed by atoms with E-state index in [-0.39, 0.29) is 11.8 Å². The molecule has 3 aromatic rings. The van der Waals surface area contributed by atoms with Gasteiger partial charge in [-0.1, -0.05) is 35.9 Å². The van der Waals surface area contributed by atoms with Crippen molar-refractivity contribution in [1.29, 1.82) is 0 Å². The van der Waals surface area contributed by atoms with Gasteiger partial charge in [0, 0.05) is 19.4 Å². The normalized spacial score (nSPS) is 16.5. The molecule has 0 spiro atoms. The summed E-state index contributed by atoms with van der Waals surface area (Å²) < 4.78 is 0. The second-order valence-corrected chi connectivity index (χ2v) is 7.32. The first kappa shape index (κ1) is 18.5. The van der Waals surface area contributed by atoms with E-state index in [1.54, 1.807) is 23.1 Å². The smallest absolute Gasteiger partial charge is 0.247 e. The fourth-order valence-electron chi connectivity index (χ4n) is 3.61. The summed E-state index contributed by atoms with van der Waals surface area (Å²) in [4.78, 5) is 34.9. The lowest BCUT2D eigenvalue weighted by molar-refractivity contribution is -0.136. The average Bonchev–Trinajstić information content (AvgIpc) is 3.34. The Bertz CT molecular complexity index is 983. The van der Waals surface area contributed by atoms with Crippen LogP contribution in [0.15, 0.2) is 48.5 Å². The number of nitrogens with zero attached hydrogens (tertiary/aromatic N) is 2. The van der Waals surface area contributed by atoms with Crippen LogP contribution in [0, 0.1) is 0 Å². The lowest BCUT2D eigenvalue weighted by Gasteiger charge is -2.24. The fraction of sp³-hybridized carbons (Fsp3) is 0.286. The molecule has 1 aliphatic rings. The Balaban J connectivity index is 1.38. The highest BCUT2D eigenvalue weighted by Gasteiger charge is 2.34. The Morgan fingerprint density at radius 2 is 1.96 bits per heavy atom. The van der Waals surface area contributed by atoms with Crippen LogP contribution in [0.2, 0.25) is 5.02 Å². The van der Waals surface area contributed by atoms with E-state index in [1.165, 1.54) is 0 Å². The van der Waals surface area contributed by atoms with Crippen LogP contribution in [0.3, 0.4) is 0 Å². The number of rotatable bonds is 5. The highest BCUT2D eigenvalue weighted by Crippen LogP contribution is 2.24. The number of benzene rings is 2. The second-order valence-electron chi connectivity index (χ2n) is 6.91. The van der Waals surface area contributed by atoms with Gasteiger partial charge in [-0.25, -0.2) is 4.98 Å². The number of H-pyrrole nitrogens is 1. The molecule has 0 aliphatic carbocycles. The molecule has 28 heavy (non-hydrogen) atoms. The number of carbonyl (C=O) groups excluding carboxylic acids is 2. The molecule has 1 saturated heterocycles. The van der Waals surface area contributed by atoms with Gasteiger partial charge in [0.25, 0.3) is 0 Å². The number of amides is 2. The summed E-state index contributed by atoms with van der Waals surface area (Å²) in [6, 6.07) is 14.4.